The third-order valence-electron chi connectivity index (χ3n) is 2.96. The monoisotopic (exact) mass is 288 g/mol. The maximum absolute atomic E-state index is 13.4. The van der Waals surface area contributed by atoms with Gasteiger partial charge in [-0.1, -0.05) is 24.3 Å². The van der Waals surface area contributed by atoms with Gasteiger partial charge >= 0.3 is 0 Å². The Morgan fingerprint density at radius 1 is 1.14 bits per heavy atom. The van der Waals surface area contributed by atoms with Crippen molar-refractivity contribution < 1.29 is 13.9 Å². The Morgan fingerprint density at radius 2 is 1.86 bits per heavy atom. The summed E-state index contributed by atoms with van der Waals surface area (Å²) in [4.78, 5) is 11.7. The van der Waals surface area contributed by atoms with E-state index in [9.17, 15) is 9.18 Å². The molecule has 0 radical (unpaired) electrons. The smallest absolute Gasteiger partial charge is 0.239 e. The zero-order valence-corrected chi connectivity index (χ0v) is 11.7. The van der Waals surface area contributed by atoms with Gasteiger partial charge in [-0.25, -0.2) is 4.39 Å². The number of carbonyl (C=O) groups excluding carboxylic acids is 1. The zero-order chi connectivity index (χ0) is 15.1. The predicted molar refractivity (Wildman–Crippen MR) is 79.7 cm³/mol. The normalized spacial score (nSPS) is 10.0. The Balaban J connectivity index is 1.78. The van der Waals surface area contributed by atoms with Crippen molar-refractivity contribution in [3.05, 3.63) is 59.9 Å². The summed E-state index contributed by atoms with van der Waals surface area (Å²) in [5, 5.41) is 5.52. The molecule has 21 heavy (non-hydrogen) atoms. The largest absolute Gasteiger partial charge is 0.497 e. The highest BCUT2D eigenvalue weighted by molar-refractivity contribution is 5.80. The average Bonchev–Trinajstić information content (AvgIpc) is 2.52. The molecular weight excluding hydrogens is 271 g/mol. The van der Waals surface area contributed by atoms with Crippen molar-refractivity contribution in [3.63, 3.8) is 0 Å². The predicted octanol–water partition coefficient (Wildman–Crippen LogP) is 2.56. The van der Waals surface area contributed by atoms with E-state index in [4.69, 9.17) is 4.74 Å². The Labute approximate surface area is 122 Å². The number of halogens is 1. The molecule has 0 fully saturated rings. The first kappa shape index (κ1) is 14.8. The van der Waals surface area contributed by atoms with E-state index in [1.807, 2.05) is 24.3 Å². The minimum atomic E-state index is -0.375. The lowest BCUT2D eigenvalue weighted by atomic mass is 10.2. The van der Waals surface area contributed by atoms with Crippen LogP contribution in [0.15, 0.2) is 48.5 Å². The van der Waals surface area contributed by atoms with Gasteiger partial charge in [-0.3, -0.25) is 4.79 Å². The highest BCUT2D eigenvalue weighted by Crippen LogP contribution is 2.12. The first-order chi connectivity index (χ1) is 10.2. The summed E-state index contributed by atoms with van der Waals surface area (Å²) in [7, 11) is 1.60. The van der Waals surface area contributed by atoms with Gasteiger partial charge in [-0.2, -0.15) is 0 Å². The van der Waals surface area contributed by atoms with Crippen LogP contribution in [0.2, 0.25) is 0 Å². The minimum Gasteiger partial charge on any atom is -0.497 e. The molecule has 0 atom stereocenters. The molecule has 5 heteroatoms. The van der Waals surface area contributed by atoms with Crippen LogP contribution in [0.1, 0.15) is 5.56 Å². The molecule has 0 aliphatic heterocycles. The molecule has 0 aliphatic rings. The number of hydrogen-bond acceptors (Lipinski definition) is 3. The maximum Gasteiger partial charge on any atom is 0.239 e. The number of para-hydroxylation sites is 1. The number of carbonyl (C=O) groups is 1. The SMILES string of the molecule is COc1ccc(CNC(=O)CNc2ccccc2F)cc1. The van der Waals surface area contributed by atoms with E-state index in [2.05, 4.69) is 10.6 Å². The summed E-state index contributed by atoms with van der Waals surface area (Å²) in [6, 6.07) is 13.7. The molecule has 110 valence electrons. The summed E-state index contributed by atoms with van der Waals surface area (Å²) < 4.78 is 18.4. The van der Waals surface area contributed by atoms with E-state index in [0.717, 1.165) is 11.3 Å². The number of rotatable bonds is 6. The third-order valence-corrected chi connectivity index (χ3v) is 2.96. The number of ether oxygens (including phenoxy) is 1. The summed E-state index contributed by atoms with van der Waals surface area (Å²) >= 11 is 0. The number of anilines is 1. The molecule has 2 aromatic rings. The molecule has 2 N–H and O–H groups in total. The highest BCUT2D eigenvalue weighted by atomic mass is 19.1. The van der Waals surface area contributed by atoms with Crippen LogP contribution < -0.4 is 15.4 Å². The van der Waals surface area contributed by atoms with E-state index in [1.54, 1.807) is 25.3 Å². The first-order valence-corrected chi connectivity index (χ1v) is 6.57. The van der Waals surface area contributed by atoms with Crippen LogP contribution in [0.25, 0.3) is 0 Å². The van der Waals surface area contributed by atoms with Crippen molar-refractivity contribution in [2.45, 2.75) is 6.54 Å². The molecule has 0 saturated heterocycles. The lowest BCUT2D eigenvalue weighted by molar-refractivity contribution is -0.119. The second-order valence-corrected chi connectivity index (χ2v) is 4.46. The van der Waals surface area contributed by atoms with Gasteiger partial charge in [-0.15, -0.1) is 0 Å². The molecule has 2 rings (SSSR count). The molecule has 0 saturated carbocycles. The van der Waals surface area contributed by atoms with Crippen LogP contribution in [-0.4, -0.2) is 19.6 Å². The van der Waals surface area contributed by atoms with Crippen molar-refractivity contribution in [2.75, 3.05) is 19.0 Å². The molecule has 0 heterocycles. The number of methoxy groups -OCH3 is 1. The Hall–Kier alpha value is -2.56. The van der Waals surface area contributed by atoms with Crippen LogP contribution in [0, 0.1) is 5.82 Å². The van der Waals surface area contributed by atoms with Gasteiger partial charge in [0, 0.05) is 6.54 Å². The molecule has 0 unspecified atom stereocenters. The number of hydrogen-bond donors (Lipinski definition) is 2. The molecule has 2 aromatic carbocycles. The van der Waals surface area contributed by atoms with E-state index in [-0.39, 0.29) is 18.3 Å². The van der Waals surface area contributed by atoms with Gasteiger partial charge in [0.2, 0.25) is 5.91 Å². The van der Waals surface area contributed by atoms with Gasteiger partial charge < -0.3 is 15.4 Å². The Bertz CT molecular complexity index is 599. The van der Waals surface area contributed by atoms with Gasteiger partial charge in [0.1, 0.15) is 11.6 Å². The van der Waals surface area contributed by atoms with Crippen LogP contribution in [0.4, 0.5) is 10.1 Å². The molecule has 1 amide bonds. The minimum absolute atomic E-state index is 0.0249. The number of benzene rings is 2. The zero-order valence-electron chi connectivity index (χ0n) is 11.7. The molecule has 0 aliphatic carbocycles. The fraction of sp³-hybridized carbons (Fsp3) is 0.188. The van der Waals surface area contributed by atoms with E-state index < -0.39 is 0 Å². The number of nitrogens with one attached hydrogen (secondary N) is 2. The fourth-order valence-electron chi connectivity index (χ4n) is 1.79. The van der Waals surface area contributed by atoms with Crippen LogP contribution in [0.5, 0.6) is 5.75 Å². The second kappa shape index (κ2) is 7.28. The summed E-state index contributed by atoms with van der Waals surface area (Å²) in [5.41, 5.74) is 1.28. The van der Waals surface area contributed by atoms with Crippen LogP contribution in [-0.2, 0) is 11.3 Å². The Morgan fingerprint density at radius 3 is 2.52 bits per heavy atom. The van der Waals surface area contributed by atoms with Gasteiger partial charge in [0.15, 0.2) is 0 Å². The lowest BCUT2D eigenvalue weighted by Crippen LogP contribution is -2.29. The van der Waals surface area contributed by atoms with Crippen LogP contribution in [0.3, 0.4) is 0 Å². The molecule has 4 nitrogen and oxygen atoms in total. The molecule has 0 aromatic heterocycles. The highest BCUT2D eigenvalue weighted by Gasteiger charge is 2.04. The standard InChI is InChI=1S/C16H17FN2O2/c1-21-13-8-6-12(7-9-13)10-19-16(20)11-18-15-5-3-2-4-14(15)17/h2-9,18H,10-11H2,1H3,(H,19,20). The van der Waals surface area contributed by atoms with Crippen molar-refractivity contribution in [2.24, 2.45) is 0 Å². The quantitative estimate of drug-likeness (QED) is 0.859. The number of amides is 1. The van der Waals surface area contributed by atoms with Crippen molar-refractivity contribution >= 4 is 11.6 Å². The molecule has 0 bridgehead atoms. The van der Waals surface area contributed by atoms with Gasteiger partial charge in [0.25, 0.3) is 0 Å². The third kappa shape index (κ3) is 4.49. The van der Waals surface area contributed by atoms with Gasteiger partial charge in [0.05, 0.1) is 19.3 Å². The lowest BCUT2D eigenvalue weighted by Gasteiger charge is -2.09. The first-order valence-electron chi connectivity index (χ1n) is 6.57. The summed E-state index contributed by atoms with van der Waals surface area (Å²) in [6.45, 7) is 0.443. The van der Waals surface area contributed by atoms with Crippen LogP contribution >= 0.6 is 0 Å². The fourth-order valence-corrected chi connectivity index (χ4v) is 1.79. The van der Waals surface area contributed by atoms with Crippen molar-refractivity contribution in [3.8, 4) is 5.75 Å². The second-order valence-electron chi connectivity index (χ2n) is 4.46. The van der Waals surface area contributed by atoms with E-state index in [1.165, 1.54) is 6.07 Å². The Kier molecular flexibility index (Phi) is 5.15. The van der Waals surface area contributed by atoms with Gasteiger partial charge in [-0.05, 0) is 29.8 Å². The van der Waals surface area contributed by atoms with E-state index in [0.29, 0.717) is 12.2 Å². The summed E-state index contributed by atoms with van der Waals surface area (Å²) in [5.74, 6) is 0.195. The molecular formula is C16H17FN2O2. The molecule has 0 spiro atoms. The topological polar surface area (TPSA) is 50.4 Å². The van der Waals surface area contributed by atoms with E-state index >= 15 is 0 Å². The average molecular weight is 288 g/mol. The van der Waals surface area contributed by atoms with Crippen molar-refractivity contribution in [1.82, 2.24) is 5.32 Å². The maximum atomic E-state index is 13.4. The van der Waals surface area contributed by atoms with Crippen molar-refractivity contribution in [1.29, 1.82) is 0 Å². The summed E-state index contributed by atoms with van der Waals surface area (Å²) in [6.07, 6.45) is 0.